The SMILES string of the molecule is CC#Cc1ccccc1/C(=N\C(C)C)OC#N. The molecule has 0 saturated heterocycles. The third kappa shape index (κ3) is 3.66. The smallest absolute Gasteiger partial charge is 0.293 e. The van der Waals surface area contributed by atoms with Gasteiger partial charge in [-0.3, -0.25) is 0 Å². The van der Waals surface area contributed by atoms with Crippen LogP contribution in [0.5, 0.6) is 0 Å². The Morgan fingerprint density at radius 3 is 2.65 bits per heavy atom. The number of hydrogen-bond donors (Lipinski definition) is 0. The zero-order valence-electron chi connectivity index (χ0n) is 10.2. The molecular weight excluding hydrogens is 212 g/mol. The van der Waals surface area contributed by atoms with Crippen molar-refractivity contribution in [3.8, 4) is 18.1 Å². The van der Waals surface area contributed by atoms with Gasteiger partial charge < -0.3 is 4.74 Å². The maximum Gasteiger partial charge on any atom is 0.293 e. The van der Waals surface area contributed by atoms with Crippen molar-refractivity contribution in [1.29, 1.82) is 5.26 Å². The van der Waals surface area contributed by atoms with Crippen LogP contribution in [0.2, 0.25) is 0 Å². The Morgan fingerprint density at radius 2 is 2.06 bits per heavy atom. The highest BCUT2D eigenvalue weighted by molar-refractivity contribution is 5.97. The van der Waals surface area contributed by atoms with Crippen molar-refractivity contribution >= 4 is 5.90 Å². The second kappa shape index (κ2) is 6.35. The first-order valence-corrected chi connectivity index (χ1v) is 5.35. The van der Waals surface area contributed by atoms with E-state index in [0.717, 1.165) is 11.1 Å². The van der Waals surface area contributed by atoms with E-state index in [9.17, 15) is 0 Å². The maximum atomic E-state index is 8.64. The number of nitrogens with zero attached hydrogens (tertiary/aromatic N) is 2. The summed E-state index contributed by atoms with van der Waals surface area (Å²) in [6.45, 7) is 5.62. The second-order valence-electron chi connectivity index (χ2n) is 3.64. The third-order valence-electron chi connectivity index (χ3n) is 1.93. The van der Waals surface area contributed by atoms with Gasteiger partial charge >= 0.3 is 0 Å². The highest BCUT2D eigenvalue weighted by Crippen LogP contribution is 2.11. The van der Waals surface area contributed by atoms with Gasteiger partial charge in [-0.25, -0.2) is 4.99 Å². The van der Waals surface area contributed by atoms with Gasteiger partial charge in [0, 0.05) is 11.6 Å². The first-order chi connectivity index (χ1) is 8.19. The molecule has 0 unspecified atom stereocenters. The van der Waals surface area contributed by atoms with Gasteiger partial charge in [-0.1, -0.05) is 18.1 Å². The number of benzene rings is 1. The molecular formula is C14H14N2O. The summed E-state index contributed by atoms with van der Waals surface area (Å²) in [6.07, 6.45) is 1.66. The molecule has 0 atom stereocenters. The fourth-order valence-electron chi connectivity index (χ4n) is 1.34. The fourth-order valence-corrected chi connectivity index (χ4v) is 1.34. The standard InChI is InChI=1S/C14H14N2O/c1-4-7-12-8-5-6-9-13(12)14(17-10-15)16-11(2)3/h5-6,8-9,11H,1-3H3/b16-14+. The van der Waals surface area contributed by atoms with Crippen molar-refractivity contribution in [2.75, 3.05) is 0 Å². The van der Waals surface area contributed by atoms with Gasteiger partial charge in [0.25, 0.3) is 6.26 Å². The molecule has 3 nitrogen and oxygen atoms in total. The van der Waals surface area contributed by atoms with Crippen LogP contribution in [0.15, 0.2) is 29.3 Å². The molecule has 0 aliphatic rings. The summed E-state index contributed by atoms with van der Waals surface area (Å²) in [4.78, 5) is 4.28. The molecule has 0 N–H and O–H groups in total. The van der Waals surface area contributed by atoms with Crippen LogP contribution in [0.4, 0.5) is 0 Å². The lowest BCUT2D eigenvalue weighted by molar-refractivity contribution is 0.493. The van der Waals surface area contributed by atoms with E-state index in [1.807, 2.05) is 38.1 Å². The average molecular weight is 226 g/mol. The van der Waals surface area contributed by atoms with Gasteiger partial charge in [0.1, 0.15) is 0 Å². The van der Waals surface area contributed by atoms with Crippen LogP contribution in [0, 0.1) is 23.4 Å². The molecule has 1 rings (SSSR count). The number of hydrogen-bond acceptors (Lipinski definition) is 3. The summed E-state index contributed by atoms with van der Waals surface area (Å²) in [7, 11) is 0. The van der Waals surface area contributed by atoms with Crippen LogP contribution in [-0.4, -0.2) is 11.9 Å². The largest absolute Gasteiger partial charge is 0.367 e. The van der Waals surface area contributed by atoms with Crippen molar-refractivity contribution in [2.45, 2.75) is 26.8 Å². The van der Waals surface area contributed by atoms with Crippen LogP contribution >= 0.6 is 0 Å². The monoisotopic (exact) mass is 226 g/mol. The van der Waals surface area contributed by atoms with Crippen molar-refractivity contribution < 1.29 is 4.74 Å². The van der Waals surface area contributed by atoms with Gasteiger partial charge in [0.05, 0.1) is 5.56 Å². The van der Waals surface area contributed by atoms with Crippen LogP contribution in [0.3, 0.4) is 0 Å². The number of rotatable bonds is 2. The Kier molecular flexibility index (Phi) is 4.78. The molecule has 0 saturated carbocycles. The normalized spacial score (nSPS) is 10.4. The van der Waals surface area contributed by atoms with Gasteiger partial charge in [0.15, 0.2) is 0 Å². The van der Waals surface area contributed by atoms with E-state index < -0.39 is 0 Å². The zero-order chi connectivity index (χ0) is 12.7. The molecule has 3 heteroatoms. The predicted molar refractivity (Wildman–Crippen MR) is 67.4 cm³/mol. The Balaban J connectivity index is 3.27. The number of ether oxygens (including phenoxy) is 1. The molecule has 0 spiro atoms. The summed E-state index contributed by atoms with van der Waals surface area (Å²) in [5.41, 5.74) is 1.56. The second-order valence-corrected chi connectivity index (χ2v) is 3.64. The molecule has 1 aromatic rings. The first kappa shape index (κ1) is 12.8. The van der Waals surface area contributed by atoms with Gasteiger partial charge in [0.2, 0.25) is 5.90 Å². The van der Waals surface area contributed by atoms with E-state index in [1.165, 1.54) is 0 Å². The van der Waals surface area contributed by atoms with Gasteiger partial charge in [-0.15, -0.1) is 11.2 Å². The minimum absolute atomic E-state index is 0.0565. The van der Waals surface area contributed by atoms with Crippen molar-refractivity contribution in [1.82, 2.24) is 0 Å². The molecule has 0 aliphatic carbocycles. The van der Waals surface area contributed by atoms with Crippen molar-refractivity contribution in [3.05, 3.63) is 35.4 Å². The number of aliphatic imine (C=N–C) groups is 1. The Morgan fingerprint density at radius 1 is 1.35 bits per heavy atom. The molecule has 0 aromatic heterocycles. The topological polar surface area (TPSA) is 45.4 Å². The summed E-state index contributed by atoms with van der Waals surface area (Å²) in [5, 5.41) is 8.64. The molecule has 17 heavy (non-hydrogen) atoms. The molecule has 0 radical (unpaired) electrons. The third-order valence-corrected chi connectivity index (χ3v) is 1.93. The molecule has 1 aromatic carbocycles. The van der Waals surface area contributed by atoms with E-state index in [0.29, 0.717) is 5.90 Å². The summed E-state index contributed by atoms with van der Waals surface area (Å²) in [5.74, 6) is 6.12. The minimum atomic E-state index is 0.0565. The van der Waals surface area contributed by atoms with E-state index in [4.69, 9.17) is 10.00 Å². The first-order valence-electron chi connectivity index (χ1n) is 5.35. The molecule has 0 aliphatic heterocycles. The Hall–Kier alpha value is -2.26. The quantitative estimate of drug-likeness (QED) is 0.337. The van der Waals surface area contributed by atoms with Crippen LogP contribution in [-0.2, 0) is 4.74 Å². The predicted octanol–water partition coefficient (Wildman–Crippen LogP) is 2.71. The lowest BCUT2D eigenvalue weighted by atomic mass is 10.1. The molecule has 0 bridgehead atoms. The Bertz CT molecular complexity index is 513. The summed E-state index contributed by atoms with van der Waals surface area (Å²) in [6, 6.07) is 7.54. The summed E-state index contributed by atoms with van der Waals surface area (Å²) >= 11 is 0. The zero-order valence-corrected chi connectivity index (χ0v) is 10.2. The van der Waals surface area contributed by atoms with Crippen LogP contribution in [0.25, 0.3) is 0 Å². The highest BCUT2D eigenvalue weighted by Gasteiger charge is 2.10. The summed E-state index contributed by atoms with van der Waals surface area (Å²) < 4.78 is 4.91. The molecule has 0 heterocycles. The Labute approximate surface area is 102 Å². The van der Waals surface area contributed by atoms with E-state index >= 15 is 0 Å². The molecule has 0 fully saturated rings. The van der Waals surface area contributed by atoms with Gasteiger partial charge in [-0.05, 0) is 32.9 Å². The van der Waals surface area contributed by atoms with Gasteiger partial charge in [-0.2, -0.15) is 0 Å². The van der Waals surface area contributed by atoms with E-state index in [1.54, 1.807) is 13.2 Å². The van der Waals surface area contributed by atoms with E-state index in [-0.39, 0.29) is 6.04 Å². The minimum Gasteiger partial charge on any atom is -0.367 e. The van der Waals surface area contributed by atoms with Crippen LogP contribution < -0.4 is 0 Å². The lowest BCUT2D eigenvalue weighted by Crippen LogP contribution is -2.09. The maximum absolute atomic E-state index is 8.64. The molecule has 0 amide bonds. The molecule has 86 valence electrons. The fraction of sp³-hybridized carbons (Fsp3) is 0.286. The highest BCUT2D eigenvalue weighted by atomic mass is 16.5. The average Bonchev–Trinajstić information content (AvgIpc) is 2.29. The lowest BCUT2D eigenvalue weighted by Gasteiger charge is -2.06. The van der Waals surface area contributed by atoms with E-state index in [2.05, 4.69) is 16.8 Å². The van der Waals surface area contributed by atoms with Crippen molar-refractivity contribution in [2.24, 2.45) is 4.99 Å². The van der Waals surface area contributed by atoms with Crippen molar-refractivity contribution in [3.63, 3.8) is 0 Å². The number of nitriles is 1. The van der Waals surface area contributed by atoms with Crippen LogP contribution in [0.1, 0.15) is 31.9 Å².